The highest BCUT2D eigenvalue weighted by Gasteiger charge is 2.42. The first-order chi connectivity index (χ1) is 14.4. The van der Waals surface area contributed by atoms with Crippen molar-refractivity contribution in [3.05, 3.63) is 53.6 Å². The average molecular weight is 446 g/mol. The molecular weight excluding hydrogens is 426 g/mol. The molecule has 3 aliphatic heterocycles. The zero-order chi connectivity index (χ0) is 20.7. The number of amidine groups is 1. The Kier molecular flexibility index (Phi) is 4.82. The summed E-state index contributed by atoms with van der Waals surface area (Å²) in [7, 11) is -2.98. The summed E-state index contributed by atoms with van der Waals surface area (Å²) in [5.41, 5.74) is 2.17. The topological polar surface area (TPSA) is 106 Å². The van der Waals surface area contributed by atoms with Crippen molar-refractivity contribution in [2.45, 2.75) is 17.8 Å². The minimum Gasteiger partial charge on any atom is -0.454 e. The van der Waals surface area contributed by atoms with Gasteiger partial charge in [-0.25, -0.2) is 8.42 Å². The molecule has 0 aromatic heterocycles. The zero-order valence-electron chi connectivity index (χ0n) is 15.8. The summed E-state index contributed by atoms with van der Waals surface area (Å²) >= 11 is 1.45. The van der Waals surface area contributed by atoms with Gasteiger partial charge < -0.3 is 20.1 Å². The van der Waals surface area contributed by atoms with Crippen LogP contribution in [0.4, 0.5) is 5.69 Å². The van der Waals surface area contributed by atoms with Gasteiger partial charge in [-0.15, -0.1) is 0 Å². The monoisotopic (exact) mass is 445 g/mol. The molecule has 3 aliphatic rings. The molecule has 10 heteroatoms. The van der Waals surface area contributed by atoms with Gasteiger partial charge >= 0.3 is 0 Å². The Labute approximate surface area is 178 Å². The molecule has 0 radical (unpaired) electrons. The van der Waals surface area contributed by atoms with E-state index in [0.717, 1.165) is 11.3 Å². The van der Waals surface area contributed by atoms with Crippen LogP contribution in [0.5, 0.6) is 11.5 Å². The SMILES string of the molecule is O=C(NCc1ccc2c(c1)OCO2)c1cccc(NC2=N[C@@H]3CS(=O)(=O)C[C@H]3S2)c1. The molecule has 0 saturated carbocycles. The molecule has 2 N–H and O–H groups in total. The highest BCUT2D eigenvalue weighted by atomic mass is 32.2. The van der Waals surface area contributed by atoms with Gasteiger partial charge in [0.15, 0.2) is 26.5 Å². The van der Waals surface area contributed by atoms with E-state index in [4.69, 9.17) is 9.47 Å². The molecule has 2 aromatic carbocycles. The van der Waals surface area contributed by atoms with Gasteiger partial charge in [0.2, 0.25) is 6.79 Å². The van der Waals surface area contributed by atoms with Crippen molar-refractivity contribution in [2.24, 2.45) is 4.99 Å². The predicted octanol–water partition coefficient (Wildman–Crippen LogP) is 2.03. The number of rotatable bonds is 4. The number of anilines is 1. The van der Waals surface area contributed by atoms with E-state index in [0.29, 0.717) is 28.8 Å². The number of fused-ring (bicyclic) bond motifs is 2. The maximum Gasteiger partial charge on any atom is 0.251 e. The van der Waals surface area contributed by atoms with Gasteiger partial charge in [-0.2, -0.15) is 0 Å². The van der Waals surface area contributed by atoms with Crippen LogP contribution in [0.2, 0.25) is 0 Å². The lowest BCUT2D eigenvalue weighted by molar-refractivity contribution is 0.0951. The molecule has 1 saturated heterocycles. The largest absolute Gasteiger partial charge is 0.454 e. The molecule has 2 atom stereocenters. The number of thioether (sulfide) groups is 1. The van der Waals surface area contributed by atoms with Crippen molar-refractivity contribution in [2.75, 3.05) is 23.6 Å². The minimum atomic E-state index is -2.98. The molecule has 2 aromatic rings. The Balaban J connectivity index is 1.21. The van der Waals surface area contributed by atoms with E-state index >= 15 is 0 Å². The average Bonchev–Trinajstić information content (AvgIpc) is 3.38. The summed E-state index contributed by atoms with van der Waals surface area (Å²) in [6.07, 6.45) is 0. The van der Waals surface area contributed by atoms with Gasteiger partial charge in [0.05, 0.1) is 17.5 Å². The molecule has 5 rings (SSSR count). The van der Waals surface area contributed by atoms with Crippen molar-refractivity contribution < 1.29 is 22.7 Å². The lowest BCUT2D eigenvalue weighted by Gasteiger charge is -2.10. The van der Waals surface area contributed by atoms with Gasteiger partial charge in [-0.05, 0) is 35.9 Å². The summed E-state index contributed by atoms with van der Waals surface area (Å²) < 4.78 is 34.0. The van der Waals surface area contributed by atoms with E-state index in [1.165, 1.54) is 11.8 Å². The van der Waals surface area contributed by atoms with Crippen LogP contribution in [0, 0.1) is 0 Å². The summed E-state index contributed by atoms with van der Waals surface area (Å²) in [4.78, 5) is 17.1. The first-order valence-electron chi connectivity index (χ1n) is 9.44. The van der Waals surface area contributed by atoms with Crippen molar-refractivity contribution in [3.63, 3.8) is 0 Å². The van der Waals surface area contributed by atoms with E-state index in [-0.39, 0.29) is 35.5 Å². The number of benzene rings is 2. The third-order valence-corrected chi connectivity index (χ3v) is 8.23. The minimum absolute atomic E-state index is 0.0225. The van der Waals surface area contributed by atoms with E-state index in [1.807, 2.05) is 24.3 Å². The summed E-state index contributed by atoms with van der Waals surface area (Å²) in [6, 6.07) is 12.5. The van der Waals surface area contributed by atoms with Crippen molar-refractivity contribution in [1.29, 1.82) is 0 Å². The van der Waals surface area contributed by atoms with E-state index in [2.05, 4.69) is 15.6 Å². The van der Waals surface area contributed by atoms with Crippen LogP contribution < -0.4 is 20.1 Å². The number of carbonyl (C=O) groups is 1. The highest BCUT2D eigenvalue weighted by molar-refractivity contribution is 8.15. The fourth-order valence-electron chi connectivity index (χ4n) is 3.61. The zero-order valence-corrected chi connectivity index (χ0v) is 17.5. The maximum atomic E-state index is 12.6. The molecule has 0 spiro atoms. The van der Waals surface area contributed by atoms with Crippen molar-refractivity contribution >= 4 is 38.4 Å². The smallest absolute Gasteiger partial charge is 0.251 e. The molecular formula is C20H19N3O5S2. The Hall–Kier alpha value is -2.72. The van der Waals surface area contributed by atoms with Gasteiger partial charge in [-0.1, -0.05) is 23.9 Å². The van der Waals surface area contributed by atoms with Crippen LogP contribution in [0.15, 0.2) is 47.5 Å². The number of hydrogen-bond acceptors (Lipinski definition) is 8. The number of nitrogens with zero attached hydrogens (tertiary/aromatic N) is 1. The lowest BCUT2D eigenvalue weighted by atomic mass is 10.1. The third kappa shape index (κ3) is 3.97. The Morgan fingerprint density at radius 2 is 2.00 bits per heavy atom. The molecule has 30 heavy (non-hydrogen) atoms. The quantitative estimate of drug-likeness (QED) is 0.742. The second-order valence-electron chi connectivity index (χ2n) is 7.31. The Morgan fingerprint density at radius 1 is 1.13 bits per heavy atom. The third-order valence-electron chi connectivity index (χ3n) is 5.08. The van der Waals surface area contributed by atoms with Crippen LogP contribution in [0.25, 0.3) is 0 Å². The number of amides is 1. The van der Waals surface area contributed by atoms with E-state index in [1.54, 1.807) is 18.2 Å². The molecule has 0 unspecified atom stereocenters. The van der Waals surface area contributed by atoms with Gasteiger partial charge in [-0.3, -0.25) is 9.79 Å². The number of aliphatic imine (C=N–C) groups is 1. The fraction of sp³-hybridized carbons (Fsp3) is 0.300. The number of hydrogen-bond donors (Lipinski definition) is 2. The standard InChI is InChI=1S/C20H19N3O5S2/c24-19(21-8-12-4-5-16-17(6-12)28-11-27-16)13-2-1-3-14(7-13)22-20-23-15-9-30(25,26)10-18(15)29-20/h1-7,15,18H,8-11H2,(H,21,24)(H,22,23)/t15-,18-/m1/s1. The molecule has 0 bridgehead atoms. The first kappa shape index (κ1) is 19.3. The van der Waals surface area contributed by atoms with Crippen LogP contribution in [0.3, 0.4) is 0 Å². The highest BCUT2D eigenvalue weighted by Crippen LogP contribution is 2.35. The van der Waals surface area contributed by atoms with Crippen molar-refractivity contribution in [3.8, 4) is 11.5 Å². The second-order valence-corrected chi connectivity index (χ2v) is 10.7. The van der Waals surface area contributed by atoms with Crippen LogP contribution in [0.1, 0.15) is 15.9 Å². The summed E-state index contributed by atoms with van der Waals surface area (Å²) in [6.45, 7) is 0.583. The molecule has 0 aliphatic carbocycles. The lowest BCUT2D eigenvalue weighted by Crippen LogP contribution is -2.23. The number of ether oxygens (including phenoxy) is 2. The number of sulfone groups is 1. The van der Waals surface area contributed by atoms with Gasteiger partial charge in [0.25, 0.3) is 5.91 Å². The predicted molar refractivity (Wildman–Crippen MR) is 115 cm³/mol. The fourth-order valence-corrected chi connectivity index (χ4v) is 7.29. The van der Waals surface area contributed by atoms with E-state index < -0.39 is 9.84 Å². The Bertz CT molecular complexity index is 1150. The van der Waals surface area contributed by atoms with Gasteiger partial charge in [0, 0.05) is 23.0 Å². The molecule has 3 heterocycles. The van der Waals surface area contributed by atoms with Crippen LogP contribution in [-0.2, 0) is 16.4 Å². The second kappa shape index (κ2) is 7.51. The van der Waals surface area contributed by atoms with E-state index in [9.17, 15) is 13.2 Å². The Morgan fingerprint density at radius 3 is 2.87 bits per heavy atom. The van der Waals surface area contributed by atoms with Crippen LogP contribution >= 0.6 is 11.8 Å². The molecule has 8 nitrogen and oxygen atoms in total. The van der Waals surface area contributed by atoms with Crippen molar-refractivity contribution in [1.82, 2.24) is 5.32 Å². The first-order valence-corrected chi connectivity index (χ1v) is 12.1. The van der Waals surface area contributed by atoms with Gasteiger partial charge in [0.1, 0.15) is 0 Å². The van der Waals surface area contributed by atoms with Crippen LogP contribution in [-0.4, -0.2) is 49.1 Å². The summed E-state index contributed by atoms with van der Waals surface area (Å²) in [5, 5.41) is 6.78. The number of carbonyl (C=O) groups excluding carboxylic acids is 1. The maximum absolute atomic E-state index is 12.6. The normalized spacial score (nSPS) is 23.0. The summed E-state index contributed by atoms with van der Waals surface area (Å²) in [5.74, 6) is 1.47. The molecule has 1 fully saturated rings. The molecule has 1 amide bonds. The number of nitrogens with one attached hydrogen (secondary N) is 2. The molecule has 156 valence electrons.